The largest absolute Gasteiger partial charge is 0.526 e. The third kappa shape index (κ3) is 3.57. The molecule has 4 atom stereocenters. The lowest BCUT2D eigenvalue weighted by atomic mass is 10.3. The van der Waals surface area contributed by atoms with E-state index >= 15 is 0 Å². The van der Waals surface area contributed by atoms with E-state index < -0.39 is 39.3 Å². The quantitative estimate of drug-likeness (QED) is 0.508. The van der Waals surface area contributed by atoms with Gasteiger partial charge in [-0.25, -0.2) is 9.59 Å². The summed E-state index contributed by atoms with van der Waals surface area (Å²) < 4.78 is 30.1. The number of esters is 2. The van der Waals surface area contributed by atoms with Crippen LogP contribution >= 0.6 is 16.1 Å². The van der Waals surface area contributed by atoms with Crippen LogP contribution in [0.2, 0.25) is 0 Å². The van der Waals surface area contributed by atoms with Crippen molar-refractivity contribution < 1.29 is 38.0 Å². The minimum Gasteiger partial charge on any atom is -0.465 e. The maximum Gasteiger partial charge on any atom is 0.526 e. The van der Waals surface area contributed by atoms with Crippen molar-refractivity contribution >= 4 is 28.0 Å². The van der Waals surface area contributed by atoms with Gasteiger partial charge in [-0.2, -0.15) is 9.79 Å². The van der Waals surface area contributed by atoms with E-state index in [0.717, 1.165) is 14.2 Å². The summed E-state index contributed by atoms with van der Waals surface area (Å²) in [4.78, 5) is 39.9. The minimum absolute atomic E-state index is 0.924. The lowest BCUT2D eigenvalue weighted by Crippen LogP contribution is -2.36. The minimum atomic E-state index is -3.19. The smallest absolute Gasteiger partial charge is 0.465 e. The van der Waals surface area contributed by atoms with Gasteiger partial charge in [0.1, 0.15) is 0 Å². The highest BCUT2D eigenvalue weighted by molar-refractivity contribution is 7.45. The first-order valence-corrected chi connectivity index (χ1v) is 6.39. The summed E-state index contributed by atoms with van der Waals surface area (Å²) >= 11 is 0. The molecule has 8 nitrogen and oxygen atoms in total. The van der Waals surface area contributed by atoms with Crippen LogP contribution in [0.15, 0.2) is 0 Å². The maximum absolute atomic E-state index is 11.1. The molecular formula is C6H10O8P2+2. The van der Waals surface area contributed by atoms with Crippen LogP contribution in [0.3, 0.4) is 0 Å². The summed E-state index contributed by atoms with van der Waals surface area (Å²) in [6, 6.07) is 0. The second kappa shape index (κ2) is 6.60. The zero-order chi connectivity index (χ0) is 12.9. The van der Waals surface area contributed by atoms with Crippen LogP contribution in [0.1, 0.15) is 0 Å². The normalized spacial score (nSPS) is 15.8. The molecule has 0 amide bonds. The zero-order valence-electron chi connectivity index (χ0n) is 8.39. The third-order valence-electron chi connectivity index (χ3n) is 1.66. The molecule has 0 heterocycles. The second-order valence-corrected chi connectivity index (χ2v) is 4.86. The Morgan fingerprint density at radius 2 is 1.19 bits per heavy atom. The van der Waals surface area contributed by atoms with Crippen LogP contribution in [0, 0.1) is 0 Å². The lowest BCUT2D eigenvalue weighted by Gasteiger charge is -2.04. The molecular weight excluding hydrogens is 262 g/mol. The Morgan fingerprint density at radius 3 is 1.31 bits per heavy atom. The summed E-state index contributed by atoms with van der Waals surface area (Å²) in [5.41, 5.74) is -3.83. The molecule has 2 unspecified atom stereocenters. The van der Waals surface area contributed by atoms with Crippen molar-refractivity contribution in [2.75, 3.05) is 14.2 Å². The van der Waals surface area contributed by atoms with Crippen molar-refractivity contribution in [1.29, 1.82) is 0 Å². The van der Waals surface area contributed by atoms with Gasteiger partial charge in [-0.3, -0.25) is 0 Å². The molecule has 0 spiro atoms. The molecule has 0 aromatic heterocycles. The fourth-order valence-corrected chi connectivity index (χ4v) is 2.90. The Labute approximate surface area is 92.3 Å². The Bertz CT molecular complexity index is 294. The molecule has 0 aromatic rings. The molecule has 0 fully saturated rings. The van der Waals surface area contributed by atoms with Gasteiger partial charge in [0.25, 0.3) is 0 Å². The van der Waals surface area contributed by atoms with E-state index in [4.69, 9.17) is 9.79 Å². The summed E-state index contributed by atoms with van der Waals surface area (Å²) in [6.45, 7) is 0. The van der Waals surface area contributed by atoms with Crippen molar-refractivity contribution in [1.82, 2.24) is 0 Å². The van der Waals surface area contributed by atoms with Gasteiger partial charge < -0.3 is 9.47 Å². The molecule has 0 aliphatic rings. The first kappa shape index (κ1) is 15.1. The molecule has 90 valence electrons. The van der Waals surface area contributed by atoms with E-state index in [-0.39, 0.29) is 0 Å². The molecule has 10 heteroatoms. The fourth-order valence-electron chi connectivity index (χ4n) is 0.921. The molecule has 16 heavy (non-hydrogen) atoms. The molecule has 0 bridgehead atoms. The van der Waals surface area contributed by atoms with Gasteiger partial charge >= 0.3 is 39.3 Å². The van der Waals surface area contributed by atoms with E-state index in [9.17, 15) is 18.7 Å². The van der Waals surface area contributed by atoms with Crippen LogP contribution < -0.4 is 0 Å². The summed E-state index contributed by atoms with van der Waals surface area (Å²) in [6.07, 6.45) is 0. The van der Waals surface area contributed by atoms with E-state index in [2.05, 4.69) is 9.47 Å². The van der Waals surface area contributed by atoms with Crippen LogP contribution in [-0.4, -0.2) is 47.3 Å². The molecule has 0 radical (unpaired) electrons. The number of ether oxygens (including phenoxy) is 2. The fraction of sp³-hybridized carbons (Fsp3) is 0.667. The summed E-state index contributed by atoms with van der Waals surface area (Å²) in [7, 11) is -4.53. The van der Waals surface area contributed by atoms with E-state index in [1.165, 1.54) is 0 Å². The molecule has 0 rings (SSSR count). The van der Waals surface area contributed by atoms with E-state index in [1.54, 1.807) is 0 Å². The standard InChI is InChI=1S/C6H8O8P2/c1-13-5(7)3(15(9)10)4(16(11)12)6(8)14-2/h3-4H,1-2H3/p+2/t3-,4-/m0/s1. The van der Waals surface area contributed by atoms with Crippen molar-refractivity contribution in [2.45, 2.75) is 11.3 Å². The molecule has 0 saturated carbocycles. The Kier molecular flexibility index (Phi) is 6.21. The highest BCUT2D eigenvalue weighted by Gasteiger charge is 2.60. The number of methoxy groups -OCH3 is 2. The monoisotopic (exact) mass is 272 g/mol. The molecule has 0 aliphatic carbocycles. The van der Waals surface area contributed by atoms with Gasteiger partial charge in [0.15, 0.2) is 0 Å². The topological polar surface area (TPSA) is 127 Å². The Balaban J connectivity index is 5.27. The first-order chi connectivity index (χ1) is 7.36. The lowest BCUT2D eigenvalue weighted by molar-refractivity contribution is -0.146. The van der Waals surface area contributed by atoms with Gasteiger partial charge in [-0.1, -0.05) is 0 Å². The maximum atomic E-state index is 11.1. The average molecular weight is 272 g/mol. The predicted molar refractivity (Wildman–Crippen MR) is 51.3 cm³/mol. The first-order valence-electron chi connectivity index (χ1n) is 3.83. The van der Waals surface area contributed by atoms with E-state index in [1.807, 2.05) is 0 Å². The number of carbonyl (C=O) groups excluding carboxylic acids is 2. The van der Waals surface area contributed by atoms with Crippen molar-refractivity contribution in [3.63, 3.8) is 0 Å². The molecule has 2 N–H and O–H groups in total. The predicted octanol–water partition coefficient (Wildman–Crippen LogP) is -0.461. The molecule has 0 aliphatic heterocycles. The third-order valence-corrected chi connectivity index (χ3v) is 3.87. The van der Waals surface area contributed by atoms with E-state index in [0.29, 0.717) is 0 Å². The number of rotatable bonds is 5. The zero-order valence-corrected chi connectivity index (χ0v) is 10.2. The second-order valence-electron chi connectivity index (χ2n) is 2.54. The van der Waals surface area contributed by atoms with Crippen molar-refractivity contribution in [3.8, 4) is 0 Å². The number of hydrogen-bond donors (Lipinski definition) is 2. The summed E-state index contributed by atoms with van der Waals surface area (Å²) in [5.74, 6) is -2.45. The Morgan fingerprint density at radius 1 is 0.938 bits per heavy atom. The number of hydrogen-bond acceptors (Lipinski definition) is 6. The van der Waals surface area contributed by atoms with Crippen LogP contribution in [-0.2, 0) is 28.2 Å². The van der Waals surface area contributed by atoms with Gasteiger partial charge in [-0.05, 0) is 9.13 Å². The van der Waals surface area contributed by atoms with Crippen LogP contribution in [0.25, 0.3) is 0 Å². The Hall–Kier alpha value is -0.940. The average Bonchev–Trinajstić information content (AvgIpc) is 2.22. The summed E-state index contributed by atoms with van der Waals surface area (Å²) in [5, 5.41) is 0. The van der Waals surface area contributed by atoms with Crippen LogP contribution in [0.4, 0.5) is 0 Å². The highest BCUT2D eigenvalue weighted by atomic mass is 31.1. The SMILES string of the molecule is COC(=O)[C@H]([C@@H](C(=O)OC)[P+](=O)O)[P+](=O)O. The molecule has 0 aromatic carbocycles. The van der Waals surface area contributed by atoms with Gasteiger partial charge in [0.2, 0.25) is 0 Å². The van der Waals surface area contributed by atoms with Crippen molar-refractivity contribution in [3.05, 3.63) is 0 Å². The molecule has 0 saturated heterocycles. The van der Waals surface area contributed by atoms with Gasteiger partial charge in [0.05, 0.1) is 14.2 Å². The van der Waals surface area contributed by atoms with Crippen molar-refractivity contribution in [2.24, 2.45) is 0 Å². The highest BCUT2D eigenvalue weighted by Crippen LogP contribution is 2.38. The number of carbonyl (C=O) groups is 2. The van der Waals surface area contributed by atoms with Gasteiger partial charge in [-0.15, -0.1) is 0 Å². The van der Waals surface area contributed by atoms with Crippen LogP contribution in [0.5, 0.6) is 0 Å². The van der Waals surface area contributed by atoms with Gasteiger partial charge in [0, 0.05) is 0 Å².